The van der Waals surface area contributed by atoms with Gasteiger partial charge >= 0.3 is 0 Å². The number of sulfonamides is 1. The Morgan fingerprint density at radius 2 is 1.95 bits per heavy atom. The minimum Gasteiger partial charge on any atom is -0.384 e. The number of benzene rings is 1. The minimum atomic E-state index is -3.62. The molecule has 0 amide bonds. The highest BCUT2D eigenvalue weighted by Gasteiger charge is 2.42. The molecular weight excluding hydrogens is 300 g/mol. The minimum absolute atomic E-state index is 0.0628. The number of hydrogen-bond donors (Lipinski definition) is 1. The largest absolute Gasteiger partial charge is 0.384 e. The summed E-state index contributed by atoms with van der Waals surface area (Å²) in [7, 11) is -3.62. The number of aliphatic hydroxyl groups is 1. The van der Waals surface area contributed by atoms with E-state index in [1.54, 1.807) is 6.07 Å². The Labute approximate surface area is 130 Å². The zero-order chi connectivity index (χ0) is 15.8. The number of aryl methyl sites for hydroxylation is 1. The molecule has 1 aromatic heterocycles. The molecule has 0 aliphatic carbocycles. The molecular formula is C16H18N2O3S. The molecule has 22 heavy (non-hydrogen) atoms. The van der Waals surface area contributed by atoms with Crippen molar-refractivity contribution in [3.8, 4) is 0 Å². The van der Waals surface area contributed by atoms with E-state index < -0.39 is 15.6 Å². The normalized spacial score (nSPS) is 22.8. The van der Waals surface area contributed by atoms with Crippen molar-refractivity contribution < 1.29 is 13.5 Å². The Morgan fingerprint density at radius 3 is 2.59 bits per heavy atom. The maximum absolute atomic E-state index is 12.6. The van der Waals surface area contributed by atoms with Crippen LogP contribution < -0.4 is 0 Å². The average Bonchev–Trinajstić information content (AvgIpc) is 2.93. The molecule has 116 valence electrons. The fraction of sp³-hybridized carbons (Fsp3) is 0.312. The van der Waals surface area contributed by atoms with Crippen LogP contribution in [-0.4, -0.2) is 35.9 Å². The van der Waals surface area contributed by atoms with E-state index in [1.165, 1.54) is 22.8 Å². The second-order valence-corrected chi connectivity index (χ2v) is 7.61. The first kappa shape index (κ1) is 15.1. The zero-order valence-electron chi connectivity index (χ0n) is 12.3. The van der Waals surface area contributed by atoms with Gasteiger partial charge in [-0.15, -0.1) is 0 Å². The van der Waals surface area contributed by atoms with Gasteiger partial charge in [-0.2, -0.15) is 4.31 Å². The van der Waals surface area contributed by atoms with Crippen LogP contribution in [0.3, 0.4) is 0 Å². The Balaban J connectivity index is 1.87. The van der Waals surface area contributed by atoms with Gasteiger partial charge in [-0.25, -0.2) is 8.42 Å². The van der Waals surface area contributed by atoms with E-state index >= 15 is 0 Å². The number of nitrogens with zero attached hydrogens (tertiary/aromatic N) is 2. The lowest BCUT2D eigenvalue weighted by atomic mass is 9.92. The molecule has 0 unspecified atom stereocenters. The molecule has 2 aromatic rings. The van der Waals surface area contributed by atoms with Gasteiger partial charge in [0.1, 0.15) is 10.5 Å². The van der Waals surface area contributed by atoms with E-state index in [4.69, 9.17) is 0 Å². The van der Waals surface area contributed by atoms with Gasteiger partial charge in [0.2, 0.25) is 10.0 Å². The van der Waals surface area contributed by atoms with E-state index in [2.05, 4.69) is 4.98 Å². The van der Waals surface area contributed by atoms with E-state index in [1.807, 2.05) is 31.2 Å². The summed E-state index contributed by atoms with van der Waals surface area (Å²) in [6.45, 7) is 2.33. The summed E-state index contributed by atoms with van der Waals surface area (Å²) in [4.78, 5) is 4.01. The first-order chi connectivity index (χ1) is 10.4. The molecule has 1 aromatic carbocycles. The van der Waals surface area contributed by atoms with Crippen LogP contribution in [0.25, 0.3) is 0 Å². The van der Waals surface area contributed by atoms with E-state index in [-0.39, 0.29) is 11.4 Å². The van der Waals surface area contributed by atoms with Crippen LogP contribution in [0, 0.1) is 6.92 Å². The molecule has 0 bridgehead atoms. The molecule has 0 spiro atoms. The van der Waals surface area contributed by atoms with E-state index in [0.29, 0.717) is 13.0 Å². The molecule has 1 aliphatic heterocycles. The predicted octanol–water partition coefficient (Wildman–Crippen LogP) is 1.67. The molecule has 3 rings (SSSR count). The van der Waals surface area contributed by atoms with Crippen molar-refractivity contribution in [1.82, 2.24) is 9.29 Å². The topological polar surface area (TPSA) is 70.5 Å². The van der Waals surface area contributed by atoms with Crippen LogP contribution in [0.5, 0.6) is 0 Å². The second kappa shape index (κ2) is 5.46. The number of rotatable bonds is 3. The Morgan fingerprint density at radius 1 is 1.23 bits per heavy atom. The van der Waals surface area contributed by atoms with Crippen molar-refractivity contribution in [3.05, 3.63) is 59.9 Å². The van der Waals surface area contributed by atoms with E-state index in [9.17, 15) is 13.5 Å². The number of hydrogen-bond acceptors (Lipinski definition) is 4. The van der Waals surface area contributed by atoms with Gasteiger partial charge < -0.3 is 5.11 Å². The lowest BCUT2D eigenvalue weighted by Crippen LogP contribution is -2.34. The summed E-state index contributed by atoms with van der Waals surface area (Å²) in [5.41, 5.74) is 0.718. The third-order valence-electron chi connectivity index (χ3n) is 4.07. The summed E-state index contributed by atoms with van der Waals surface area (Å²) in [5, 5.41) is 10.8. The Bertz CT molecular complexity index is 760. The van der Waals surface area contributed by atoms with Crippen LogP contribution in [0.15, 0.2) is 53.7 Å². The van der Waals surface area contributed by atoms with Crippen LogP contribution >= 0.6 is 0 Å². The summed E-state index contributed by atoms with van der Waals surface area (Å²) >= 11 is 0. The maximum Gasteiger partial charge on any atom is 0.244 e. The number of β-amino-alcohol motifs (C(OH)–C–C–N with tert-alkyl or cyclic N) is 1. The molecule has 2 heterocycles. The molecule has 5 nitrogen and oxygen atoms in total. The average molecular weight is 318 g/mol. The summed E-state index contributed by atoms with van der Waals surface area (Å²) < 4.78 is 26.5. The van der Waals surface area contributed by atoms with Crippen LogP contribution in [0.1, 0.15) is 17.5 Å². The van der Waals surface area contributed by atoms with Gasteiger partial charge in [0.05, 0.1) is 0 Å². The smallest absolute Gasteiger partial charge is 0.244 e. The van der Waals surface area contributed by atoms with Crippen molar-refractivity contribution in [2.45, 2.75) is 23.8 Å². The molecule has 1 saturated heterocycles. The Hall–Kier alpha value is -1.76. The lowest BCUT2D eigenvalue weighted by Gasteiger charge is -2.24. The second-order valence-electron chi connectivity index (χ2n) is 5.67. The fourth-order valence-corrected chi connectivity index (χ4v) is 4.17. The van der Waals surface area contributed by atoms with Gasteiger partial charge in [-0.1, -0.05) is 29.8 Å². The van der Waals surface area contributed by atoms with Crippen molar-refractivity contribution in [2.75, 3.05) is 13.1 Å². The van der Waals surface area contributed by atoms with Crippen molar-refractivity contribution >= 4 is 10.0 Å². The van der Waals surface area contributed by atoms with Gasteiger partial charge in [-0.05, 0) is 31.0 Å². The standard InChI is InChI=1S/C16H18N2O3S/c1-13-4-6-14(7-5-13)16(19)8-10-18(12-16)22(20,21)15-3-2-9-17-11-15/h2-7,9,11,19H,8,10,12H2,1H3/t16-/m0/s1. The summed E-state index contributed by atoms with van der Waals surface area (Å²) in [6, 6.07) is 10.7. The first-order valence-corrected chi connectivity index (χ1v) is 8.56. The zero-order valence-corrected chi connectivity index (χ0v) is 13.1. The molecule has 0 radical (unpaired) electrons. The molecule has 6 heteroatoms. The van der Waals surface area contributed by atoms with Gasteiger partial charge in [0.25, 0.3) is 0 Å². The highest BCUT2D eigenvalue weighted by Crippen LogP contribution is 2.34. The van der Waals surface area contributed by atoms with Crippen molar-refractivity contribution in [1.29, 1.82) is 0 Å². The molecule has 0 saturated carbocycles. The SMILES string of the molecule is Cc1ccc([C@]2(O)CCN(S(=O)(=O)c3cccnc3)C2)cc1. The van der Waals surface area contributed by atoms with Gasteiger partial charge in [0, 0.05) is 25.5 Å². The predicted molar refractivity (Wildman–Crippen MR) is 82.7 cm³/mol. The van der Waals surface area contributed by atoms with Crippen molar-refractivity contribution in [3.63, 3.8) is 0 Å². The molecule has 1 fully saturated rings. The first-order valence-electron chi connectivity index (χ1n) is 7.11. The van der Waals surface area contributed by atoms with Crippen LogP contribution in [-0.2, 0) is 15.6 Å². The lowest BCUT2D eigenvalue weighted by molar-refractivity contribution is 0.0531. The monoisotopic (exact) mass is 318 g/mol. The van der Waals surface area contributed by atoms with Crippen LogP contribution in [0.4, 0.5) is 0 Å². The highest BCUT2D eigenvalue weighted by molar-refractivity contribution is 7.89. The maximum atomic E-state index is 12.6. The highest BCUT2D eigenvalue weighted by atomic mass is 32.2. The summed E-state index contributed by atoms with van der Waals surface area (Å²) in [5.74, 6) is 0. The number of aromatic nitrogens is 1. The number of pyridine rings is 1. The fourth-order valence-electron chi connectivity index (χ4n) is 2.71. The van der Waals surface area contributed by atoms with Gasteiger partial charge in [-0.3, -0.25) is 4.98 Å². The third kappa shape index (κ3) is 2.65. The summed E-state index contributed by atoms with van der Waals surface area (Å²) in [6.07, 6.45) is 3.25. The third-order valence-corrected chi connectivity index (χ3v) is 5.90. The molecule has 1 atom stereocenters. The Kier molecular flexibility index (Phi) is 3.76. The van der Waals surface area contributed by atoms with E-state index in [0.717, 1.165) is 11.1 Å². The molecule has 1 aliphatic rings. The van der Waals surface area contributed by atoms with Crippen LogP contribution in [0.2, 0.25) is 0 Å². The molecule has 1 N–H and O–H groups in total. The van der Waals surface area contributed by atoms with Crippen molar-refractivity contribution in [2.24, 2.45) is 0 Å². The van der Waals surface area contributed by atoms with Gasteiger partial charge in [0.15, 0.2) is 0 Å². The quantitative estimate of drug-likeness (QED) is 0.934.